The fraction of sp³-hybridized carbons (Fsp3) is 0.840. The Morgan fingerprint density at radius 3 is 1.94 bits per heavy atom. The standard InChI is InChI=1S/C25H48NO9P/c1-3-4-5-6-7-8-9-10-11-12-13-14-15-16-17-18-24(27)35-22(19-32-2)20-33-36(30,31)34-21-23(26)25(28)29/h10-11,22-23H,3-9,12-21,26H2,1-2H3,(H,28,29)(H,30,31)/b11-10-/t22-,23+/m1/s1. The number of nitrogens with two attached hydrogens (primary N) is 1. The summed E-state index contributed by atoms with van der Waals surface area (Å²) >= 11 is 0. The smallest absolute Gasteiger partial charge is 0.472 e. The number of hydrogen-bond acceptors (Lipinski definition) is 8. The highest BCUT2D eigenvalue weighted by molar-refractivity contribution is 7.47. The van der Waals surface area contributed by atoms with Crippen LogP contribution in [-0.4, -0.2) is 61.0 Å². The summed E-state index contributed by atoms with van der Waals surface area (Å²) in [4.78, 5) is 32.4. The summed E-state index contributed by atoms with van der Waals surface area (Å²) in [5, 5.41) is 8.68. The SMILES string of the molecule is CCCCCCCC/C=C\CCCCCCCC(=O)O[C@H](COC)COP(=O)(O)OC[C@H](N)C(=O)O. The number of carboxylic acids is 1. The molecule has 0 aromatic rings. The highest BCUT2D eigenvalue weighted by atomic mass is 31.2. The molecule has 0 saturated heterocycles. The Morgan fingerprint density at radius 2 is 1.39 bits per heavy atom. The first-order chi connectivity index (χ1) is 17.2. The molecule has 36 heavy (non-hydrogen) atoms. The maximum absolute atomic E-state index is 12.1. The van der Waals surface area contributed by atoms with E-state index in [4.69, 9.17) is 24.8 Å². The van der Waals surface area contributed by atoms with Gasteiger partial charge in [0.1, 0.15) is 12.1 Å². The highest BCUT2D eigenvalue weighted by Crippen LogP contribution is 2.43. The summed E-state index contributed by atoms with van der Waals surface area (Å²) in [6, 6.07) is -1.46. The van der Waals surface area contributed by atoms with E-state index in [2.05, 4.69) is 23.6 Å². The zero-order valence-corrected chi connectivity index (χ0v) is 23.0. The lowest BCUT2D eigenvalue weighted by Crippen LogP contribution is -2.34. The molecule has 0 bridgehead atoms. The molecule has 11 heteroatoms. The molecule has 0 radical (unpaired) electrons. The van der Waals surface area contributed by atoms with Crippen LogP contribution in [0.2, 0.25) is 0 Å². The molecule has 212 valence electrons. The first-order valence-electron chi connectivity index (χ1n) is 13.2. The number of allylic oxidation sites excluding steroid dienone is 2. The molecule has 0 aliphatic heterocycles. The van der Waals surface area contributed by atoms with Gasteiger partial charge in [-0.2, -0.15) is 0 Å². The predicted molar refractivity (Wildman–Crippen MR) is 139 cm³/mol. The van der Waals surface area contributed by atoms with Gasteiger partial charge in [-0.05, 0) is 32.1 Å². The molecule has 0 rings (SSSR count). The molecular weight excluding hydrogens is 489 g/mol. The van der Waals surface area contributed by atoms with Gasteiger partial charge in [0.05, 0.1) is 19.8 Å². The molecule has 1 unspecified atom stereocenters. The molecule has 0 spiro atoms. The number of methoxy groups -OCH3 is 1. The van der Waals surface area contributed by atoms with Crippen molar-refractivity contribution in [3.8, 4) is 0 Å². The second-order valence-electron chi connectivity index (χ2n) is 8.91. The molecule has 0 aromatic carbocycles. The van der Waals surface area contributed by atoms with Gasteiger partial charge in [0, 0.05) is 13.5 Å². The number of aliphatic carboxylic acids is 1. The van der Waals surface area contributed by atoms with Crippen molar-refractivity contribution in [3.63, 3.8) is 0 Å². The Labute approximate surface area is 216 Å². The highest BCUT2D eigenvalue weighted by Gasteiger charge is 2.27. The number of rotatable bonds is 25. The number of esters is 1. The summed E-state index contributed by atoms with van der Waals surface area (Å²) < 4.78 is 31.4. The van der Waals surface area contributed by atoms with Crippen molar-refractivity contribution in [2.45, 2.75) is 109 Å². The van der Waals surface area contributed by atoms with Crippen molar-refractivity contribution in [2.75, 3.05) is 26.9 Å². The summed E-state index contributed by atoms with van der Waals surface area (Å²) in [6.07, 6.45) is 19.0. The van der Waals surface area contributed by atoms with Crippen molar-refractivity contribution in [3.05, 3.63) is 12.2 Å². The molecular formula is C25H48NO9P. The number of carboxylic acid groups (broad SMARTS) is 1. The summed E-state index contributed by atoms with van der Waals surface area (Å²) in [5.74, 6) is -1.82. The maximum Gasteiger partial charge on any atom is 0.472 e. The molecule has 4 N–H and O–H groups in total. The van der Waals surface area contributed by atoms with E-state index in [-0.39, 0.29) is 13.0 Å². The third kappa shape index (κ3) is 21.9. The Kier molecular flexibility index (Phi) is 22.1. The maximum atomic E-state index is 12.1. The van der Waals surface area contributed by atoms with Crippen molar-refractivity contribution in [1.29, 1.82) is 0 Å². The minimum atomic E-state index is -4.56. The quantitative estimate of drug-likeness (QED) is 0.0618. The first kappa shape index (κ1) is 34.7. The second-order valence-corrected chi connectivity index (χ2v) is 10.4. The van der Waals surface area contributed by atoms with E-state index in [0.29, 0.717) is 6.42 Å². The van der Waals surface area contributed by atoms with Crippen LogP contribution in [0.25, 0.3) is 0 Å². The zero-order valence-electron chi connectivity index (χ0n) is 22.1. The Hall–Kier alpha value is -1.29. The Balaban J connectivity index is 3.89. The summed E-state index contributed by atoms with van der Waals surface area (Å²) in [7, 11) is -3.16. The minimum absolute atomic E-state index is 0.0350. The van der Waals surface area contributed by atoms with Gasteiger partial charge in [0.25, 0.3) is 0 Å². The van der Waals surface area contributed by atoms with Crippen molar-refractivity contribution >= 4 is 19.8 Å². The van der Waals surface area contributed by atoms with E-state index in [0.717, 1.165) is 32.1 Å². The largest absolute Gasteiger partial charge is 0.480 e. The summed E-state index contributed by atoms with van der Waals surface area (Å²) in [6.45, 7) is 1.06. The lowest BCUT2D eigenvalue weighted by Gasteiger charge is -2.19. The number of ether oxygens (including phenoxy) is 2. The predicted octanol–water partition coefficient (Wildman–Crippen LogP) is 5.13. The monoisotopic (exact) mass is 537 g/mol. The molecule has 0 fully saturated rings. The normalized spacial score (nSPS) is 15.0. The van der Waals surface area contributed by atoms with Crippen molar-refractivity contribution in [2.24, 2.45) is 5.73 Å². The van der Waals surface area contributed by atoms with Crippen LogP contribution in [0.5, 0.6) is 0 Å². The lowest BCUT2D eigenvalue weighted by atomic mass is 10.1. The second kappa shape index (κ2) is 22.9. The fourth-order valence-electron chi connectivity index (χ4n) is 3.35. The average molecular weight is 538 g/mol. The molecule has 3 atom stereocenters. The first-order valence-corrected chi connectivity index (χ1v) is 14.6. The van der Waals surface area contributed by atoms with Gasteiger partial charge < -0.3 is 25.2 Å². The third-order valence-corrected chi connectivity index (χ3v) is 6.40. The van der Waals surface area contributed by atoms with Gasteiger partial charge in [0.2, 0.25) is 0 Å². The summed E-state index contributed by atoms with van der Waals surface area (Å²) in [5.41, 5.74) is 5.22. The van der Waals surface area contributed by atoms with Gasteiger partial charge in [0.15, 0.2) is 0 Å². The Morgan fingerprint density at radius 1 is 0.861 bits per heavy atom. The lowest BCUT2D eigenvalue weighted by molar-refractivity contribution is -0.154. The van der Waals surface area contributed by atoms with Crippen LogP contribution in [0.1, 0.15) is 96.8 Å². The molecule has 0 heterocycles. The molecule has 0 aliphatic carbocycles. The molecule has 0 amide bonds. The van der Waals surface area contributed by atoms with Crippen LogP contribution >= 0.6 is 7.82 Å². The van der Waals surface area contributed by atoms with Gasteiger partial charge >= 0.3 is 19.8 Å². The minimum Gasteiger partial charge on any atom is -0.480 e. The van der Waals surface area contributed by atoms with Crippen LogP contribution in [0.3, 0.4) is 0 Å². The topological polar surface area (TPSA) is 155 Å². The van der Waals surface area contributed by atoms with Crippen LogP contribution in [-0.2, 0) is 32.7 Å². The van der Waals surface area contributed by atoms with E-state index in [9.17, 15) is 19.0 Å². The third-order valence-electron chi connectivity index (χ3n) is 5.45. The molecule has 0 saturated carbocycles. The van der Waals surface area contributed by atoms with E-state index in [1.54, 1.807) is 0 Å². The van der Waals surface area contributed by atoms with Crippen LogP contribution in [0.15, 0.2) is 12.2 Å². The van der Waals surface area contributed by atoms with Gasteiger partial charge in [-0.3, -0.25) is 18.6 Å². The number of unbranched alkanes of at least 4 members (excludes halogenated alkanes) is 11. The number of hydrogen-bond donors (Lipinski definition) is 3. The van der Waals surface area contributed by atoms with E-state index in [1.807, 2.05) is 0 Å². The fourth-order valence-corrected chi connectivity index (χ4v) is 4.13. The zero-order chi connectivity index (χ0) is 27.1. The molecule has 0 aromatic heterocycles. The molecule has 0 aliphatic rings. The van der Waals surface area contributed by atoms with Crippen molar-refractivity contribution in [1.82, 2.24) is 0 Å². The number of carbonyl (C=O) groups is 2. The van der Waals surface area contributed by atoms with Gasteiger partial charge in [-0.25, -0.2) is 4.57 Å². The van der Waals surface area contributed by atoms with Gasteiger partial charge in [-0.15, -0.1) is 0 Å². The van der Waals surface area contributed by atoms with Crippen LogP contribution < -0.4 is 5.73 Å². The van der Waals surface area contributed by atoms with Crippen molar-refractivity contribution < 1.29 is 42.7 Å². The number of phosphoric acid groups is 1. The molecule has 10 nitrogen and oxygen atoms in total. The van der Waals surface area contributed by atoms with Crippen LogP contribution in [0, 0.1) is 0 Å². The van der Waals surface area contributed by atoms with E-state index >= 15 is 0 Å². The van der Waals surface area contributed by atoms with E-state index in [1.165, 1.54) is 52.1 Å². The average Bonchev–Trinajstić information content (AvgIpc) is 2.83. The number of phosphoric ester groups is 1. The van der Waals surface area contributed by atoms with Gasteiger partial charge in [-0.1, -0.05) is 70.4 Å². The Bertz CT molecular complexity index is 645. The number of carbonyl (C=O) groups excluding carboxylic acids is 1. The van der Waals surface area contributed by atoms with E-state index < -0.39 is 45.1 Å². The van der Waals surface area contributed by atoms with Crippen LogP contribution in [0.4, 0.5) is 0 Å².